The van der Waals surface area contributed by atoms with Crippen molar-refractivity contribution in [2.75, 3.05) is 16.8 Å². The average Bonchev–Trinajstić information content (AvgIpc) is 2.60. The summed E-state index contributed by atoms with van der Waals surface area (Å²) in [5, 5.41) is 13.7. The Bertz CT molecular complexity index is 745. The highest BCUT2D eigenvalue weighted by molar-refractivity contribution is 8.00. The first kappa shape index (κ1) is 16.4. The number of thioether (sulfide) groups is 1. The van der Waals surface area contributed by atoms with E-state index >= 15 is 0 Å². The smallest absolute Gasteiger partial charge is 0.247 e. The number of carbonyl (C=O) groups excluding carboxylic acids is 2. The molecule has 1 unspecified atom stereocenters. The van der Waals surface area contributed by atoms with Crippen LogP contribution >= 0.6 is 11.8 Å². The number of nitrogen functional groups attached to an aromatic ring is 1. The van der Waals surface area contributed by atoms with Crippen molar-refractivity contribution >= 4 is 35.0 Å². The number of anilines is 2. The van der Waals surface area contributed by atoms with Crippen LogP contribution in [0.15, 0.2) is 36.2 Å². The Kier molecular flexibility index (Phi) is 4.46. The van der Waals surface area contributed by atoms with Crippen molar-refractivity contribution in [3.8, 4) is 0 Å². The van der Waals surface area contributed by atoms with Crippen LogP contribution in [0, 0.1) is 12.0 Å². The number of β-lactam (4-membered cyclic amide) rings is 1. The molecular formula is C17H17N3O3S. The Labute approximate surface area is 144 Å². The van der Waals surface area contributed by atoms with E-state index in [1.165, 1.54) is 16.5 Å². The zero-order valence-electron chi connectivity index (χ0n) is 13.1. The molecule has 1 fully saturated rings. The molecule has 0 aliphatic carbocycles. The van der Waals surface area contributed by atoms with Gasteiger partial charge in [-0.3, -0.25) is 9.69 Å². The van der Waals surface area contributed by atoms with Gasteiger partial charge in [0.15, 0.2) is 6.42 Å². The second kappa shape index (κ2) is 6.55. The van der Waals surface area contributed by atoms with Crippen molar-refractivity contribution in [2.45, 2.75) is 18.7 Å². The first-order valence-electron chi connectivity index (χ1n) is 7.55. The topological polar surface area (TPSA) is 98.5 Å². The summed E-state index contributed by atoms with van der Waals surface area (Å²) in [6, 6.07) is 5.87. The van der Waals surface area contributed by atoms with E-state index in [4.69, 9.17) is 5.73 Å². The van der Waals surface area contributed by atoms with Gasteiger partial charge in [-0.2, -0.15) is 0 Å². The number of carboxylic acids is 1. The van der Waals surface area contributed by atoms with Gasteiger partial charge >= 0.3 is 0 Å². The van der Waals surface area contributed by atoms with Crippen molar-refractivity contribution in [1.82, 2.24) is 4.90 Å². The van der Waals surface area contributed by atoms with Crippen molar-refractivity contribution in [3.05, 3.63) is 47.8 Å². The lowest BCUT2D eigenvalue weighted by Crippen LogP contribution is -2.60. The van der Waals surface area contributed by atoms with Gasteiger partial charge in [0.2, 0.25) is 18.2 Å². The van der Waals surface area contributed by atoms with Gasteiger partial charge in [-0.15, -0.1) is 11.8 Å². The molecule has 0 spiro atoms. The van der Waals surface area contributed by atoms with Crippen molar-refractivity contribution < 1.29 is 14.7 Å². The minimum absolute atomic E-state index is 0.00500. The lowest BCUT2D eigenvalue weighted by molar-refractivity contribution is -0.301. The van der Waals surface area contributed by atoms with Gasteiger partial charge in [0.1, 0.15) is 0 Å². The van der Waals surface area contributed by atoms with E-state index in [1.807, 2.05) is 31.3 Å². The second-order valence-corrected chi connectivity index (χ2v) is 6.83. The third kappa shape index (κ3) is 2.96. The second-order valence-electron chi connectivity index (χ2n) is 5.68. The molecule has 0 aromatic heterocycles. The van der Waals surface area contributed by atoms with Crippen LogP contribution in [0.5, 0.6) is 0 Å². The average molecular weight is 343 g/mol. The molecule has 2 atom stereocenters. The molecule has 0 saturated carbocycles. The molecule has 1 saturated heterocycles. The van der Waals surface area contributed by atoms with E-state index in [0.717, 1.165) is 17.8 Å². The van der Waals surface area contributed by atoms with Crippen molar-refractivity contribution in [1.29, 1.82) is 0 Å². The zero-order chi connectivity index (χ0) is 17.3. The molecule has 124 valence electrons. The predicted octanol–water partition coefficient (Wildman–Crippen LogP) is 0.725. The van der Waals surface area contributed by atoms with Crippen LogP contribution < -0.4 is 16.2 Å². The molecule has 1 aromatic rings. The number of allylic oxidation sites excluding steroid dienone is 1. The number of aliphatic carboxylic acids is 1. The summed E-state index contributed by atoms with van der Waals surface area (Å²) in [6.07, 6.45) is 7.31. The highest BCUT2D eigenvalue weighted by atomic mass is 32.2. The normalized spacial score (nSPS) is 23.3. The molecular weight excluding hydrogens is 326 g/mol. The van der Waals surface area contributed by atoms with Crippen LogP contribution in [0.3, 0.4) is 0 Å². The molecule has 3 N–H and O–H groups in total. The van der Waals surface area contributed by atoms with Crippen LogP contribution in [0.4, 0.5) is 11.4 Å². The van der Waals surface area contributed by atoms with Crippen LogP contribution in [-0.2, 0) is 16.0 Å². The molecule has 0 radical (unpaired) electrons. The van der Waals surface area contributed by atoms with E-state index < -0.39 is 5.97 Å². The largest absolute Gasteiger partial charge is 0.543 e. The van der Waals surface area contributed by atoms with E-state index in [0.29, 0.717) is 5.75 Å². The van der Waals surface area contributed by atoms with Crippen LogP contribution in [0.25, 0.3) is 0 Å². The van der Waals surface area contributed by atoms with Gasteiger partial charge in [0.25, 0.3) is 0 Å². The number of carbonyl (C=O) groups is 2. The van der Waals surface area contributed by atoms with Gasteiger partial charge in [0.05, 0.1) is 28.6 Å². The van der Waals surface area contributed by atoms with Gasteiger partial charge in [-0.1, -0.05) is 6.92 Å². The zero-order valence-corrected chi connectivity index (χ0v) is 13.9. The van der Waals surface area contributed by atoms with Crippen LogP contribution in [-0.4, -0.2) is 27.9 Å². The molecule has 7 heteroatoms. The summed E-state index contributed by atoms with van der Waals surface area (Å²) >= 11 is 1.58. The summed E-state index contributed by atoms with van der Waals surface area (Å²) < 4.78 is 0. The first-order chi connectivity index (χ1) is 11.5. The van der Waals surface area contributed by atoms with Crippen molar-refractivity contribution in [3.63, 3.8) is 0 Å². The minimum Gasteiger partial charge on any atom is -0.543 e. The molecule has 3 aliphatic heterocycles. The number of nitrogens with zero attached hydrogens (tertiary/aromatic N) is 1. The fourth-order valence-electron chi connectivity index (χ4n) is 2.76. The Morgan fingerprint density at radius 2 is 2.29 bits per heavy atom. The molecule has 3 aliphatic rings. The maximum absolute atomic E-state index is 11.3. The highest BCUT2D eigenvalue weighted by Crippen LogP contribution is 2.40. The number of amides is 1. The number of nitrogens with one attached hydrogen (secondary N) is 1. The number of nitrogens with two attached hydrogens (primary N) is 1. The Morgan fingerprint density at radius 3 is 3.04 bits per heavy atom. The molecule has 0 bridgehead atoms. The summed E-state index contributed by atoms with van der Waals surface area (Å²) in [5.41, 5.74) is 8.79. The van der Waals surface area contributed by atoms with Gasteiger partial charge in [-0.25, -0.2) is 0 Å². The summed E-state index contributed by atoms with van der Waals surface area (Å²) in [4.78, 5) is 23.2. The Balaban J connectivity index is 0.000000143. The summed E-state index contributed by atoms with van der Waals surface area (Å²) in [5.74, 6) is -0.798. The third-order valence-corrected chi connectivity index (χ3v) is 5.40. The Morgan fingerprint density at radius 1 is 1.50 bits per heavy atom. The fourth-order valence-corrected chi connectivity index (χ4v) is 3.98. The number of hydrogen-bond acceptors (Lipinski definition) is 6. The third-order valence-electron chi connectivity index (χ3n) is 4.08. The maximum Gasteiger partial charge on any atom is 0.247 e. The van der Waals surface area contributed by atoms with E-state index in [2.05, 4.69) is 11.4 Å². The number of fused-ring (bicyclic) bond motifs is 2. The lowest BCUT2D eigenvalue weighted by Gasteiger charge is -2.48. The molecule has 3 heterocycles. The van der Waals surface area contributed by atoms with Crippen LogP contribution in [0.2, 0.25) is 0 Å². The standard InChI is InChI=1S/C9H9N2.C8H9NO3S/c10-8-4-3-7-2-1-5-11-9(7)6-8;1-4-6(10)9-5(8(11)12)2-3-13-7(4)9/h3-6,11H,2,10H2;2,4,7H,3H2,1H3,(H,11,12)/q+1;/p-1/t;4?,7-/m.0/s1. The van der Waals surface area contributed by atoms with Gasteiger partial charge < -0.3 is 21.0 Å². The van der Waals surface area contributed by atoms with E-state index in [1.54, 1.807) is 11.8 Å². The minimum atomic E-state index is -1.26. The molecule has 1 amide bonds. The van der Waals surface area contributed by atoms with Gasteiger partial charge in [0, 0.05) is 17.0 Å². The number of benzene rings is 1. The number of carboxylic acid groups (broad SMARTS) is 1. The number of hydrogen-bond donors (Lipinski definition) is 2. The molecule has 24 heavy (non-hydrogen) atoms. The SMILES string of the molecule is CC1C(=O)N2C(C(=O)[O-])=CCS[C@@H]12.Nc1ccc2c(c1)NC=[C+]C2. The monoisotopic (exact) mass is 343 g/mol. The highest BCUT2D eigenvalue weighted by Gasteiger charge is 2.47. The first-order valence-corrected chi connectivity index (χ1v) is 8.60. The van der Waals surface area contributed by atoms with Gasteiger partial charge in [-0.05, 0) is 24.3 Å². The quantitative estimate of drug-likeness (QED) is 0.443. The summed E-state index contributed by atoms with van der Waals surface area (Å²) in [7, 11) is 0. The molecule has 6 nitrogen and oxygen atoms in total. The summed E-state index contributed by atoms with van der Waals surface area (Å²) in [6.45, 7) is 1.81. The van der Waals surface area contributed by atoms with E-state index in [9.17, 15) is 14.7 Å². The molecule has 1 aromatic carbocycles. The lowest BCUT2D eigenvalue weighted by atomic mass is 9.99. The van der Waals surface area contributed by atoms with Crippen molar-refractivity contribution in [2.24, 2.45) is 5.92 Å². The number of rotatable bonds is 1. The fraction of sp³-hybridized carbons (Fsp3) is 0.294. The Hall–Kier alpha value is -2.50. The predicted molar refractivity (Wildman–Crippen MR) is 91.3 cm³/mol. The van der Waals surface area contributed by atoms with Crippen LogP contribution in [0.1, 0.15) is 12.5 Å². The molecule has 4 rings (SSSR count). The van der Waals surface area contributed by atoms with E-state index in [-0.39, 0.29) is 22.9 Å². The maximum atomic E-state index is 11.3.